The Bertz CT molecular complexity index is 823. The molecule has 1 aromatic carbocycles. The van der Waals surface area contributed by atoms with E-state index >= 15 is 0 Å². The van der Waals surface area contributed by atoms with E-state index < -0.39 is 0 Å². The van der Waals surface area contributed by atoms with Gasteiger partial charge in [-0.25, -0.2) is 9.97 Å². The van der Waals surface area contributed by atoms with Crippen molar-refractivity contribution in [2.75, 3.05) is 36.2 Å². The minimum absolute atomic E-state index is 0.109. The third-order valence-corrected chi connectivity index (χ3v) is 5.28. The van der Waals surface area contributed by atoms with Crippen LogP contribution >= 0.6 is 11.8 Å². The summed E-state index contributed by atoms with van der Waals surface area (Å²) in [5.41, 5.74) is 1.73. The molecule has 1 N–H and O–H groups in total. The number of amides is 1. The lowest BCUT2D eigenvalue weighted by Crippen LogP contribution is -2.45. The first-order chi connectivity index (χ1) is 13.4. The van der Waals surface area contributed by atoms with Crippen LogP contribution in [-0.4, -0.2) is 54.0 Å². The molecule has 28 heavy (non-hydrogen) atoms. The third-order valence-electron chi connectivity index (χ3n) is 4.35. The van der Waals surface area contributed by atoms with Crippen LogP contribution in [0, 0.1) is 6.92 Å². The van der Waals surface area contributed by atoms with Crippen molar-refractivity contribution in [3.63, 3.8) is 0 Å². The monoisotopic (exact) mass is 402 g/mol. The molecule has 2 atom stereocenters. The number of hydrogen-bond acceptors (Lipinski definition) is 7. The number of carbonyl (C=O) groups is 1. The number of nitrogens with zero attached hydrogens (tertiary/aromatic N) is 3. The highest BCUT2D eigenvalue weighted by atomic mass is 32.2. The summed E-state index contributed by atoms with van der Waals surface area (Å²) in [6.45, 7) is 7.67. The molecule has 0 saturated carbocycles. The van der Waals surface area contributed by atoms with Gasteiger partial charge >= 0.3 is 0 Å². The zero-order valence-electron chi connectivity index (χ0n) is 16.6. The van der Waals surface area contributed by atoms with Crippen LogP contribution in [0.2, 0.25) is 0 Å². The molecule has 1 saturated heterocycles. The van der Waals surface area contributed by atoms with Gasteiger partial charge in [0.2, 0.25) is 5.91 Å². The molecule has 150 valence electrons. The Balaban J connectivity index is 1.60. The number of aryl methyl sites for hydroxylation is 1. The van der Waals surface area contributed by atoms with Crippen LogP contribution in [0.5, 0.6) is 5.75 Å². The Morgan fingerprint density at radius 1 is 1.29 bits per heavy atom. The van der Waals surface area contributed by atoms with Crippen molar-refractivity contribution in [1.82, 2.24) is 9.97 Å². The van der Waals surface area contributed by atoms with Gasteiger partial charge in [-0.1, -0.05) is 17.8 Å². The Kier molecular flexibility index (Phi) is 6.74. The molecule has 8 heteroatoms. The number of aromatic nitrogens is 2. The van der Waals surface area contributed by atoms with Gasteiger partial charge in [0.25, 0.3) is 0 Å². The van der Waals surface area contributed by atoms with Crippen LogP contribution in [0.15, 0.2) is 35.6 Å². The number of rotatable bonds is 6. The zero-order valence-corrected chi connectivity index (χ0v) is 17.5. The smallest absolute Gasteiger partial charge is 0.234 e. The molecular formula is C20H26N4O3S. The molecule has 1 aliphatic rings. The van der Waals surface area contributed by atoms with E-state index in [1.165, 1.54) is 11.8 Å². The predicted molar refractivity (Wildman–Crippen MR) is 111 cm³/mol. The van der Waals surface area contributed by atoms with Crippen molar-refractivity contribution < 1.29 is 14.3 Å². The summed E-state index contributed by atoms with van der Waals surface area (Å²) in [4.78, 5) is 23.3. The average molecular weight is 403 g/mol. The fraction of sp³-hybridized carbons (Fsp3) is 0.450. The quantitative estimate of drug-likeness (QED) is 0.587. The molecule has 2 heterocycles. The molecule has 2 unspecified atom stereocenters. The maximum Gasteiger partial charge on any atom is 0.234 e. The van der Waals surface area contributed by atoms with Crippen molar-refractivity contribution in [3.05, 3.63) is 36.2 Å². The van der Waals surface area contributed by atoms with Gasteiger partial charge in [-0.15, -0.1) is 0 Å². The molecule has 0 radical (unpaired) electrons. The largest absolute Gasteiger partial charge is 0.495 e. The maximum absolute atomic E-state index is 12.4. The summed E-state index contributed by atoms with van der Waals surface area (Å²) in [5.74, 6) is 1.65. The first kappa shape index (κ1) is 20.4. The SMILES string of the molecule is COc1ccc(C)cc1NC(=O)CSc1cc(N2CC(C)OC(C)C2)ncn1. The number of morpholine rings is 1. The second-order valence-corrected chi connectivity index (χ2v) is 7.91. The molecule has 1 aliphatic heterocycles. The van der Waals surface area contributed by atoms with E-state index in [1.807, 2.05) is 31.2 Å². The van der Waals surface area contributed by atoms with Crippen LogP contribution < -0.4 is 15.0 Å². The highest BCUT2D eigenvalue weighted by Crippen LogP contribution is 2.26. The predicted octanol–water partition coefficient (Wildman–Crippen LogP) is 3.14. The van der Waals surface area contributed by atoms with E-state index in [1.54, 1.807) is 13.4 Å². The second kappa shape index (κ2) is 9.25. The molecule has 1 fully saturated rings. The van der Waals surface area contributed by atoms with E-state index in [0.29, 0.717) is 11.4 Å². The van der Waals surface area contributed by atoms with E-state index in [-0.39, 0.29) is 23.9 Å². The van der Waals surface area contributed by atoms with Crippen molar-refractivity contribution >= 4 is 29.2 Å². The lowest BCUT2D eigenvalue weighted by atomic mass is 10.2. The molecule has 0 spiro atoms. The van der Waals surface area contributed by atoms with Gasteiger partial charge in [0.15, 0.2) is 0 Å². The van der Waals surface area contributed by atoms with Crippen LogP contribution in [0.25, 0.3) is 0 Å². The van der Waals surface area contributed by atoms with Crippen molar-refractivity contribution in [3.8, 4) is 5.75 Å². The summed E-state index contributed by atoms with van der Waals surface area (Å²) < 4.78 is 11.1. The van der Waals surface area contributed by atoms with Crippen LogP contribution in [-0.2, 0) is 9.53 Å². The van der Waals surface area contributed by atoms with E-state index in [2.05, 4.69) is 34.0 Å². The van der Waals surface area contributed by atoms with Gasteiger partial charge in [0.1, 0.15) is 22.9 Å². The minimum Gasteiger partial charge on any atom is -0.495 e. The van der Waals surface area contributed by atoms with Crippen LogP contribution in [0.1, 0.15) is 19.4 Å². The first-order valence-corrected chi connectivity index (χ1v) is 10.2. The van der Waals surface area contributed by atoms with Crippen LogP contribution in [0.3, 0.4) is 0 Å². The second-order valence-electron chi connectivity index (χ2n) is 6.92. The summed E-state index contributed by atoms with van der Waals surface area (Å²) in [7, 11) is 1.59. The fourth-order valence-electron chi connectivity index (χ4n) is 3.19. The van der Waals surface area contributed by atoms with Gasteiger partial charge in [0.05, 0.1) is 30.8 Å². The number of hydrogen-bond donors (Lipinski definition) is 1. The van der Waals surface area contributed by atoms with Gasteiger partial charge in [-0.3, -0.25) is 4.79 Å². The molecule has 0 aliphatic carbocycles. The van der Waals surface area contributed by atoms with E-state index in [4.69, 9.17) is 9.47 Å². The summed E-state index contributed by atoms with van der Waals surface area (Å²) >= 11 is 1.38. The number of anilines is 2. The first-order valence-electron chi connectivity index (χ1n) is 9.24. The number of nitrogens with one attached hydrogen (secondary N) is 1. The molecule has 7 nitrogen and oxygen atoms in total. The Labute approximate surface area is 169 Å². The Morgan fingerprint density at radius 3 is 2.75 bits per heavy atom. The number of carbonyl (C=O) groups excluding carboxylic acids is 1. The minimum atomic E-state index is -0.109. The Hall–Kier alpha value is -2.32. The highest BCUT2D eigenvalue weighted by Gasteiger charge is 2.23. The fourth-order valence-corrected chi connectivity index (χ4v) is 3.85. The van der Waals surface area contributed by atoms with Gasteiger partial charge < -0.3 is 19.7 Å². The summed E-state index contributed by atoms with van der Waals surface area (Å²) in [5, 5.41) is 3.67. The normalized spacial score (nSPS) is 19.4. The van der Waals surface area contributed by atoms with Crippen molar-refractivity contribution in [2.45, 2.75) is 38.0 Å². The van der Waals surface area contributed by atoms with Gasteiger partial charge in [0, 0.05) is 19.2 Å². The maximum atomic E-state index is 12.4. The number of thioether (sulfide) groups is 1. The van der Waals surface area contributed by atoms with E-state index in [0.717, 1.165) is 29.5 Å². The third kappa shape index (κ3) is 5.36. The highest BCUT2D eigenvalue weighted by molar-refractivity contribution is 7.99. The van der Waals surface area contributed by atoms with E-state index in [9.17, 15) is 4.79 Å². The standard InChI is InChI=1S/C20H26N4O3S/c1-13-5-6-17(26-4)16(7-13)23-19(25)11-28-20-8-18(21-12-22-20)24-9-14(2)27-15(3)10-24/h5-8,12,14-15H,9-11H2,1-4H3,(H,23,25). The number of benzene rings is 1. The summed E-state index contributed by atoms with van der Waals surface area (Å²) in [6.07, 6.45) is 1.86. The van der Waals surface area contributed by atoms with Crippen molar-refractivity contribution in [2.24, 2.45) is 0 Å². The van der Waals surface area contributed by atoms with Gasteiger partial charge in [-0.2, -0.15) is 0 Å². The summed E-state index contributed by atoms with van der Waals surface area (Å²) in [6, 6.07) is 7.61. The topological polar surface area (TPSA) is 76.6 Å². The molecule has 3 rings (SSSR count). The van der Waals surface area contributed by atoms with Gasteiger partial charge in [-0.05, 0) is 38.5 Å². The average Bonchev–Trinajstić information content (AvgIpc) is 2.66. The Morgan fingerprint density at radius 2 is 2.04 bits per heavy atom. The molecule has 1 aromatic heterocycles. The zero-order chi connectivity index (χ0) is 20.1. The molecule has 2 aromatic rings. The van der Waals surface area contributed by atoms with Crippen LogP contribution in [0.4, 0.5) is 11.5 Å². The lowest BCUT2D eigenvalue weighted by molar-refractivity contribution is -0.113. The number of methoxy groups -OCH3 is 1. The van der Waals surface area contributed by atoms with Crippen molar-refractivity contribution in [1.29, 1.82) is 0 Å². The molecule has 0 bridgehead atoms. The molecular weight excluding hydrogens is 376 g/mol. The number of ether oxygens (including phenoxy) is 2. The molecule has 1 amide bonds. The lowest BCUT2D eigenvalue weighted by Gasteiger charge is -2.36.